The fourth-order valence-corrected chi connectivity index (χ4v) is 4.33. The summed E-state index contributed by atoms with van der Waals surface area (Å²) in [6.07, 6.45) is 4.31. The smallest absolute Gasteiger partial charge is 0.119 e. The number of hydrogen-bond acceptors (Lipinski definition) is 3. The van der Waals surface area contributed by atoms with Crippen LogP contribution in [0.3, 0.4) is 0 Å². The van der Waals surface area contributed by atoms with E-state index in [9.17, 15) is 15.3 Å². The SMILES string of the molecule is C[C@@]12CCC[C@@](C)(O)[C@@H]1Cc1c(O)ccc(O)c1C2. The summed E-state index contributed by atoms with van der Waals surface area (Å²) in [4.78, 5) is 0. The molecule has 0 heterocycles. The maximum Gasteiger partial charge on any atom is 0.119 e. The number of aromatic hydroxyl groups is 2. The summed E-state index contributed by atoms with van der Waals surface area (Å²) >= 11 is 0. The highest BCUT2D eigenvalue weighted by Crippen LogP contribution is 2.55. The number of fused-ring (bicyclic) bond motifs is 2. The van der Waals surface area contributed by atoms with E-state index < -0.39 is 5.60 Å². The Labute approximate surface area is 113 Å². The lowest BCUT2D eigenvalue weighted by Gasteiger charge is -2.52. The molecule has 0 radical (unpaired) electrons. The first-order valence-corrected chi connectivity index (χ1v) is 7.08. The van der Waals surface area contributed by atoms with Gasteiger partial charge in [-0.25, -0.2) is 0 Å². The Kier molecular flexibility index (Phi) is 2.62. The average molecular weight is 262 g/mol. The number of aliphatic hydroxyl groups is 1. The summed E-state index contributed by atoms with van der Waals surface area (Å²) in [5, 5.41) is 30.8. The first-order valence-electron chi connectivity index (χ1n) is 7.08. The van der Waals surface area contributed by atoms with Crippen molar-refractivity contribution in [3.8, 4) is 11.5 Å². The Hall–Kier alpha value is -1.22. The molecule has 104 valence electrons. The van der Waals surface area contributed by atoms with Gasteiger partial charge in [0.25, 0.3) is 0 Å². The minimum atomic E-state index is -0.678. The minimum absolute atomic E-state index is 0.0139. The molecule has 0 bridgehead atoms. The van der Waals surface area contributed by atoms with Gasteiger partial charge in [-0.3, -0.25) is 0 Å². The van der Waals surface area contributed by atoms with Crippen molar-refractivity contribution in [1.82, 2.24) is 0 Å². The molecule has 19 heavy (non-hydrogen) atoms. The van der Waals surface area contributed by atoms with Crippen LogP contribution in [0.15, 0.2) is 12.1 Å². The van der Waals surface area contributed by atoms with Gasteiger partial charge in [-0.05, 0) is 56.1 Å². The van der Waals surface area contributed by atoms with Gasteiger partial charge in [-0.1, -0.05) is 13.3 Å². The third-order valence-corrected chi connectivity index (χ3v) is 5.39. The summed E-state index contributed by atoms with van der Waals surface area (Å²) in [6.45, 7) is 4.12. The predicted molar refractivity (Wildman–Crippen MR) is 73.3 cm³/mol. The molecule has 2 aliphatic rings. The van der Waals surface area contributed by atoms with Gasteiger partial charge in [-0.2, -0.15) is 0 Å². The molecular formula is C16H22O3. The third-order valence-electron chi connectivity index (χ3n) is 5.39. The number of benzene rings is 1. The van der Waals surface area contributed by atoms with Crippen LogP contribution in [-0.4, -0.2) is 20.9 Å². The van der Waals surface area contributed by atoms with Crippen molar-refractivity contribution in [3.63, 3.8) is 0 Å². The molecule has 0 aliphatic heterocycles. The number of rotatable bonds is 0. The van der Waals surface area contributed by atoms with E-state index in [1.165, 1.54) is 0 Å². The Balaban J connectivity index is 2.11. The fourth-order valence-electron chi connectivity index (χ4n) is 4.33. The summed E-state index contributed by atoms with van der Waals surface area (Å²) in [6, 6.07) is 3.12. The van der Waals surface area contributed by atoms with Crippen molar-refractivity contribution in [2.24, 2.45) is 11.3 Å². The molecule has 3 atom stereocenters. The van der Waals surface area contributed by atoms with E-state index in [-0.39, 0.29) is 22.8 Å². The zero-order chi connectivity index (χ0) is 13.8. The van der Waals surface area contributed by atoms with Gasteiger partial charge < -0.3 is 15.3 Å². The standard InChI is InChI=1S/C16H22O3/c1-15-6-3-7-16(2,19)14(15)8-10-11(9-15)13(18)5-4-12(10)17/h4-5,14,17-19H,3,6-9H2,1-2H3/t14-,15+,16-/m1/s1. The van der Waals surface area contributed by atoms with Crippen molar-refractivity contribution in [1.29, 1.82) is 0 Å². The fraction of sp³-hybridized carbons (Fsp3) is 0.625. The molecule has 0 unspecified atom stereocenters. The van der Waals surface area contributed by atoms with Gasteiger partial charge >= 0.3 is 0 Å². The lowest BCUT2D eigenvalue weighted by Crippen LogP contribution is -2.52. The Morgan fingerprint density at radius 1 is 1.05 bits per heavy atom. The van der Waals surface area contributed by atoms with Gasteiger partial charge in [0.05, 0.1) is 5.60 Å². The molecule has 3 heteroatoms. The first kappa shape index (κ1) is 12.8. The maximum atomic E-state index is 10.7. The van der Waals surface area contributed by atoms with Crippen molar-refractivity contribution >= 4 is 0 Å². The molecule has 1 aromatic carbocycles. The second kappa shape index (κ2) is 3.89. The zero-order valence-electron chi connectivity index (χ0n) is 11.6. The molecule has 0 amide bonds. The summed E-state index contributed by atoms with van der Waals surface area (Å²) in [5.41, 5.74) is 1.03. The molecule has 2 aliphatic carbocycles. The van der Waals surface area contributed by atoms with Gasteiger partial charge in [0.1, 0.15) is 11.5 Å². The van der Waals surface area contributed by atoms with Crippen molar-refractivity contribution in [2.45, 2.75) is 51.6 Å². The Bertz CT molecular complexity index is 521. The maximum absolute atomic E-state index is 10.7. The molecule has 0 spiro atoms. The lowest BCUT2D eigenvalue weighted by atomic mass is 9.54. The van der Waals surface area contributed by atoms with Crippen LogP contribution in [0.4, 0.5) is 0 Å². The zero-order valence-corrected chi connectivity index (χ0v) is 11.6. The van der Waals surface area contributed by atoms with Crippen LogP contribution in [0, 0.1) is 11.3 Å². The summed E-state index contributed by atoms with van der Waals surface area (Å²) in [7, 11) is 0. The van der Waals surface area contributed by atoms with Gasteiger partial charge in [-0.15, -0.1) is 0 Å². The highest BCUT2D eigenvalue weighted by molar-refractivity contribution is 5.50. The van der Waals surface area contributed by atoms with Crippen LogP contribution in [0.1, 0.15) is 44.2 Å². The van der Waals surface area contributed by atoms with E-state index in [0.717, 1.165) is 36.8 Å². The van der Waals surface area contributed by atoms with E-state index in [1.807, 2.05) is 6.92 Å². The summed E-state index contributed by atoms with van der Waals surface area (Å²) < 4.78 is 0. The van der Waals surface area contributed by atoms with E-state index in [2.05, 4.69) is 6.92 Å². The topological polar surface area (TPSA) is 60.7 Å². The van der Waals surface area contributed by atoms with Gasteiger partial charge in [0, 0.05) is 11.1 Å². The monoisotopic (exact) mass is 262 g/mol. The van der Waals surface area contributed by atoms with E-state index >= 15 is 0 Å². The highest BCUT2D eigenvalue weighted by Gasteiger charge is 2.51. The minimum Gasteiger partial charge on any atom is -0.508 e. The number of phenolic OH excluding ortho intramolecular Hbond substituents is 2. The molecular weight excluding hydrogens is 240 g/mol. The van der Waals surface area contributed by atoms with Crippen LogP contribution >= 0.6 is 0 Å². The number of hydrogen-bond donors (Lipinski definition) is 3. The van der Waals surface area contributed by atoms with Crippen LogP contribution in [-0.2, 0) is 12.8 Å². The molecule has 0 saturated heterocycles. The van der Waals surface area contributed by atoms with Crippen LogP contribution in [0.25, 0.3) is 0 Å². The molecule has 3 nitrogen and oxygen atoms in total. The summed E-state index contributed by atoms with van der Waals surface area (Å²) in [5.74, 6) is 0.669. The predicted octanol–water partition coefficient (Wildman–Crippen LogP) is 2.75. The van der Waals surface area contributed by atoms with E-state index in [4.69, 9.17) is 0 Å². The third kappa shape index (κ3) is 1.83. The van der Waals surface area contributed by atoms with Gasteiger partial charge in [0.2, 0.25) is 0 Å². The van der Waals surface area contributed by atoms with Crippen molar-refractivity contribution in [3.05, 3.63) is 23.3 Å². The van der Waals surface area contributed by atoms with Crippen LogP contribution in [0.5, 0.6) is 11.5 Å². The van der Waals surface area contributed by atoms with Crippen molar-refractivity contribution in [2.75, 3.05) is 0 Å². The Morgan fingerprint density at radius 3 is 2.37 bits per heavy atom. The molecule has 3 rings (SSSR count). The van der Waals surface area contributed by atoms with Crippen LogP contribution < -0.4 is 0 Å². The van der Waals surface area contributed by atoms with E-state index in [0.29, 0.717) is 6.42 Å². The number of phenols is 2. The molecule has 3 N–H and O–H groups in total. The first-order chi connectivity index (χ1) is 8.83. The molecule has 0 aromatic heterocycles. The molecule has 1 saturated carbocycles. The normalized spacial score (nSPS) is 37.5. The largest absolute Gasteiger partial charge is 0.508 e. The molecule has 1 aromatic rings. The quantitative estimate of drug-likeness (QED) is 0.630. The second-order valence-electron chi connectivity index (χ2n) is 6.86. The van der Waals surface area contributed by atoms with Gasteiger partial charge in [0.15, 0.2) is 0 Å². The Morgan fingerprint density at radius 2 is 1.68 bits per heavy atom. The lowest BCUT2D eigenvalue weighted by molar-refractivity contribution is -0.0993. The molecule has 1 fully saturated rings. The van der Waals surface area contributed by atoms with Crippen molar-refractivity contribution < 1.29 is 15.3 Å². The van der Waals surface area contributed by atoms with Crippen LogP contribution in [0.2, 0.25) is 0 Å². The van der Waals surface area contributed by atoms with E-state index in [1.54, 1.807) is 12.1 Å². The highest BCUT2D eigenvalue weighted by atomic mass is 16.3. The second-order valence-corrected chi connectivity index (χ2v) is 6.86. The average Bonchev–Trinajstić information content (AvgIpc) is 2.32.